The minimum Gasteiger partial charge on any atom is -0.462 e. The first-order valence-corrected chi connectivity index (χ1v) is 7.10. The molecule has 1 atom stereocenters. The number of methoxy groups -OCH3 is 1. The third-order valence-corrected chi connectivity index (χ3v) is 3.29. The van der Waals surface area contributed by atoms with Gasteiger partial charge in [-0.2, -0.15) is 0 Å². The molecule has 0 saturated carbocycles. The maximum absolute atomic E-state index is 11.6. The first kappa shape index (κ1) is 16.0. The second-order valence-corrected chi connectivity index (χ2v) is 5.10. The molecule has 0 bridgehead atoms. The van der Waals surface area contributed by atoms with E-state index in [1.807, 2.05) is 6.07 Å². The standard InChI is InChI=1S/C14H20BrNO3/c1-4-19-14(17)11-5-6-13(12(15)9-11)16-10(2)7-8-18-3/h5-6,9-10,16H,4,7-8H2,1-3H3. The van der Waals surface area contributed by atoms with E-state index in [4.69, 9.17) is 9.47 Å². The normalized spacial score (nSPS) is 12.0. The highest BCUT2D eigenvalue weighted by atomic mass is 79.9. The number of hydrogen-bond acceptors (Lipinski definition) is 4. The average molecular weight is 330 g/mol. The van der Waals surface area contributed by atoms with E-state index in [1.165, 1.54) is 0 Å². The van der Waals surface area contributed by atoms with E-state index in [9.17, 15) is 4.79 Å². The van der Waals surface area contributed by atoms with Gasteiger partial charge in [-0.05, 0) is 54.4 Å². The van der Waals surface area contributed by atoms with Crippen molar-refractivity contribution >= 4 is 27.6 Å². The van der Waals surface area contributed by atoms with Crippen LogP contribution in [0.4, 0.5) is 5.69 Å². The molecule has 0 fully saturated rings. The number of ether oxygens (including phenoxy) is 2. The van der Waals surface area contributed by atoms with Crippen molar-refractivity contribution in [2.75, 3.05) is 25.6 Å². The van der Waals surface area contributed by atoms with Gasteiger partial charge >= 0.3 is 5.97 Å². The summed E-state index contributed by atoms with van der Waals surface area (Å²) in [5.41, 5.74) is 1.50. The zero-order valence-corrected chi connectivity index (χ0v) is 13.1. The number of halogens is 1. The minimum absolute atomic E-state index is 0.296. The van der Waals surface area contributed by atoms with Gasteiger partial charge in [0.2, 0.25) is 0 Å². The summed E-state index contributed by atoms with van der Waals surface area (Å²) in [6.45, 7) is 4.97. The third kappa shape index (κ3) is 5.20. The summed E-state index contributed by atoms with van der Waals surface area (Å²) in [4.78, 5) is 11.6. The fourth-order valence-electron chi connectivity index (χ4n) is 1.61. The highest BCUT2D eigenvalue weighted by Crippen LogP contribution is 2.25. The monoisotopic (exact) mass is 329 g/mol. The largest absolute Gasteiger partial charge is 0.462 e. The number of benzene rings is 1. The number of nitrogens with one attached hydrogen (secondary N) is 1. The molecule has 0 radical (unpaired) electrons. The number of anilines is 1. The summed E-state index contributed by atoms with van der Waals surface area (Å²) < 4.78 is 10.9. The number of rotatable bonds is 7. The van der Waals surface area contributed by atoms with E-state index >= 15 is 0 Å². The van der Waals surface area contributed by atoms with Crippen LogP contribution < -0.4 is 5.32 Å². The van der Waals surface area contributed by atoms with Crippen molar-refractivity contribution < 1.29 is 14.3 Å². The first-order valence-electron chi connectivity index (χ1n) is 6.30. The van der Waals surface area contributed by atoms with Crippen molar-refractivity contribution in [2.45, 2.75) is 26.3 Å². The number of carbonyl (C=O) groups is 1. The molecule has 0 saturated heterocycles. The lowest BCUT2D eigenvalue weighted by molar-refractivity contribution is 0.0526. The Bertz CT molecular complexity index is 423. The summed E-state index contributed by atoms with van der Waals surface area (Å²) >= 11 is 3.46. The molecule has 1 unspecified atom stereocenters. The van der Waals surface area contributed by atoms with Gasteiger partial charge in [0.25, 0.3) is 0 Å². The zero-order valence-electron chi connectivity index (χ0n) is 11.5. The van der Waals surface area contributed by atoms with Crippen molar-refractivity contribution in [1.82, 2.24) is 0 Å². The van der Waals surface area contributed by atoms with Gasteiger partial charge in [-0.1, -0.05) is 0 Å². The Morgan fingerprint density at radius 2 is 2.21 bits per heavy atom. The second kappa shape index (κ2) is 8.17. The molecule has 0 aromatic heterocycles. The Morgan fingerprint density at radius 1 is 1.47 bits per heavy atom. The van der Waals surface area contributed by atoms with Crippen molar-refractivity contribution in [3.8, 4) is 0 Å². The fraction of sp³-hybridized carbons (Fsp3) is 0.500. The molecular weight excluding hydrogens is 310 g/mol. The molecule has 0 aliphatic heterocycles. The number of esters is 1. The van der Waals surface area contributed by atoms with Crippen LogP contribution in [0.5, 0.6) is 0 Å². The molecular formula is C14H20BrNO3. The summed E-state index contributed by atoms with van der Waals surface area (Å²) in [5.74, 6) is -0.304. The molecule has 1 rings (SSSR count). The van der Waals surface area contributed by atoms with Gasteiger partial charge in [0.15, 0.2) is 0 Å². The van der Waals surface area contributed by atoms with Crippen LogP contribution in [0.2, 0.25) is 0 Å². The Hall–Kier alpha value is -1.07. The van der Waals surface area contributed by atoms with Crippen LogP contribution in [0.3, 0.4) is 0 Å². The summed E-state index contributed by atoms with van der Waals surface area (Å²) in [6, 6.07) is 5.70. The van der Waals surface area contributed by atoms with Gasteiger partial charge < -0.3 is 14.8 Å². The van der Waals surface area contributed by atoms with Gasteiger partial charge in [-0.25, -0.2) is 4.79 Å². The van der Waals surface area contributed by atoms with E-state index in [1.54, 1.807) is 26.2 Å². The lowest BCUT2D eigenvalue weighted by Gasteiger charge is -2.16. The van der Waals surface area contributed by atoms with E-state index in [2.05, 4.69) is 28.2 Å². The molecule has 0 spiro atoms. The van der Waals surface area contributed by atoms with E-state index in [0.717, 1.165) is 16.6 Å². The summed E-state index contributed by atoms with van der Waals surface area (Å²) in [7, 11) is 1.69. The Morgan fingerprint density at radius 3 is 2.79 bits per heavy atom. The molecule has 4 nitrogen and oxygen atoms in total. The molecule has 1 aromatic carbocycles. The molecule has 1 aromatic rings. The molecule has 0 heterocycles. The van der Waals surface area contributed by atoms with Gasteiger partial charge in [-0.3, -0.25) is 0 Å². The SMILES string of the molecule is CCOC(=O)c1ccc(NC(C)CCOC)c(Br)c1. The quantitative estimate of drug-likeness (QED) is 0.778. The molecule has 0 aliphatic rings. The number of carbonyl (C=O) groups excluding carboxylic acids is 1. The van der Waals surface area contributed by atoms with Crippen LogP contribution in [0.15, 0.2) is 22.7 Å². The Kier molecular flexibility index (Phi) is 6.87. The Labute approximate surface area is 122 Å². The Balaban J connectivity index is 2.69. The van der Waals surface area contributed by atoms with Crippen molar-refractivity contribution in [3.63, 3.8) is 0 Å². The van der Waals surface area contributed by atoms with Crippen molar-refractivity contribution in [3.05, 3.63) is 28.2 Å². The highest BCUT2D eigenvalue weighted by Gasteiger charge is 2.10. The number of hydrogen-bond donors (Lipinski definition) is 1. The predicted molar refractivity (Wildman–Crippen MR) is 79.7 cm³/mol. The topological polar surface area (TPSA) is 47.6 Å². The maximum atomic E-state index is 11.6. The molecule has 5 heteroatoms. The summed E-state index contributed by atoms with van der Waals surface area (Å²) in [5, 5.41) is 3.36. The average Bonchev–Trinajstić information content (AvgIpc) is 2.39. The predicted octanol–water partition coefficient (Wildman–Crippen LogP) is 3.46. The highest BCUT2D eigenvalue weighted by molar-refractivity contribution is 9.10. The summed E-state index contributed by atoms with van der Waals surface area (Å²) in [6.07, 6.45) is 0.919. The molecule has 0 aliphatic carbocycles. The van der Waals surface area contributed by atoms with E-state index in [-0.39, 0.29) is 5.97 Å². The molecule has 1 N–H and O–H groups in total. The van der Waals surface area contributed by atoms with Gasteiger partial charge in [0.1, 0.15) is 0 Å². The van der Waals surface area contributed by atoms with Gasteiger partial charge in [0, 0.05) is 29.9 Å². The van der Waals surface area contributed by atoms with E-state index in [0.29, 0.717) is 24.8 Å². The molecule has 0 amide bonds. The van der Waals surface area contributed by atoms with Gasteiger partial charge in [-0.15, -0.1) is 0 Å². The maximum Gasteiger partial charge on any atom is 0.338 e. The smallest absolute Gasteiger partial charge is 0.338 e. The van der Waals surface area contributed by atoms with E-state index < -0.39 is 0 Å². The van der Waals surface area contributed by atoms with Crippen LogP contribution in [0, 0.1) is 0 Å². The van der Waals surface area contributed by atoms with Crippen molar-refractivity contribution in [1.29, 1.82) is 0 Å². The third-order valence-electron chi connectivity index (χ3n) is 2.64. The van der Waals surface area contributed by atoms with Crippen LogP contribution in [0.1, 0.15) is 30.6 Å². The lowest BCUT2D eigenvalue weighted by atomic mass is 10.2. The minimum atomic E-state index is -0.304. The van der Waals surface area contributed by atoms with Crippen LogP contribution >= 0.6 is 15.9 Å². The molecule has 19 heavy (non-hydrogen) atoms. The molecule has 106 valence electrons. The first-order chi connectivity index (χ1) is 9.08. The van der Waals surface area contributed by atoms with Gasteiger partial charge in [0.05, 0.1) is 12.2 Å². The van der Waals surface area contributed by atoms with Crippen LogP contribution in [-0.2, 0) is 9.47 Å². The fourth-order valence-corrected chi connectivity index (χ4v) is 2.10. The van der Waals surface area contributed by atoms with Crippen LogP contribution in [0.25, 0.3) is 0 Å². The second-order valence-electron chi connectivity index (χ2n) is 4.24. The van der Waals surface area contributed by atoms with Crippen molar-refractivity contribution in [2.24, 2.45) is 0 Å². The van der Waals surface area contributed by atoms with Crippen LogP contribution in [-0.4, -0.2) is 32.3 Å². The lowest BCUT2D eigenvalue weighted by Crippen LogP contribution is -2.17. The zero-order chi connectivity index (χ0) is 14.3.